The maximum atomic E-state index is 12.9. The van der Waals surface area contributed by atoms with Crippen LogP contribution in [0, 0.1) is 18.8 Å². The number of benzene rings is 1. The van der Waals surface area contributed by atoms with Crippen LogP contribution in [-0.4, -0.2) is 39.8 Å². The number of hydrogen-bond donors (Lipinski definition) is 1. The Labute approximate surface area is 209 Å². The van der Waals surface area contributed by atoms with Crippen LogP contribution in [0.5, 0.6) is 0 Å². The van der Waals surface area contributed by atoms with Crippen molar-refractivity contribution in [3.05, 3.63) is 65.0 Å². The average molecular weight is 503 g/mol. The number of likely N-dealkylation sites (tertiary alicyclic amines) is 1. The summed E-state index contributed by atoms with van der Waals surface area (Å²) in [5, 5.41) is 11.1. The minimum Gasteiger partial charge on any atom is -0.384 e. The molecule has 1 N–H and O–H groups in total. The maximum absolute atomic E-state index is 12.9. The van der Waals surface area contributed by atoms with Gasteiger partial charge in [-0.15, -0.1) is 0 Å². The average Bonchev–Trinajstić information content (AvgIpc) is 3.32. The van der Waals surface area contributed by atoms with Crippen molar-refractivity contribution >= 4 is 11.7 Å². The Hall–Kier alpha value is -2.74. The lowest BCUT2D eigenvalue weighted by Crippen LogP contribution is -2.33. The molecule has 1 aliphatic heterocycles. The van der Waals surface area contributed by atoms with Gasteiger partial charge in [0, 0.05) is 37.7 Å². The first-order valence-electron chi connectivity index (χ1n) is 12.7. The number of alkyl halides is 3. The highest BCUT2D eigenvalue weighted by molar-refractivity contribution is 5.98. The lowest BCUT2D eigenvalue weighted by Gasteiger charge is -2.36. The Morgan fingerprint density at radius 1 is 1.08 bits per heavy atom. The standard InChI is InChI=1S/C28H33F3N2O3/c1-19-5-7-25(32-17-19)27(36)12-9-20(10-13-27)15-21-11-14-33(18-21)26(35)8-6-24(34)22-3-2-4-23(16-22)28(29,30)31/h2-5,7,16-17,20-21,36H,6,8-15,18H2,1H3/t20?,21-,27?/m1/s1. The van der Waals surface area contributed by atoms with E-state index in [1.165, 1.54) is 12.1 Å². The first-order valence-corrected chi connectivity index (χ1v) is 12.7. The van der Waals surface area contributed by atoms with Crippen LogP contribution in [0.1, 0.15) is 78.5 Å². The molecule has 1 atom stereocenters. The first kappa shape index (κ1) is 26.3. The van der Waals surface area contributed by atoms with E-state index in [2.05, 4.69) is 4.98 Å². The van der Waals surface area contributed by atoms with E-state index in [-0.39, 0.29) is 24.3 Å². The van der Waals surface area contributed by atoms with Gasteiger partial charge in [-0.25, -0.2) is 0 Å². The minimum absolute atomic E-state index is 0.00180. The summed E-state index contributed by atoms with van der Waals surface area (Å²) in [6.45, 7) is 3.27. The van der Waals surface area contributed by atoms with Gasteiger partial charge in [0.05, 0.1) is 11.3 Å². The van der Waals surface area contributed by atoms with Crippen LogP contribution in [0.15, 0.2) is 42.6 Å². The molecule has 1 saturated heterocycles. The smallest absolute Gasteiger partial charge is 0.384 e. The van der Waals surface area contributed by atoms with Gasteiger partial charge in [-0.2, -0.15) is 13.2 Å². The fraction of sp³-hybridized carbons (Fsp3) is 0.536. The molecule has 36 heavy (non-hydrogen) atoms. The van der Waals surface area contributed by atoms with Crippen molar-refractivity contribution in [3.8, 4) is 0 Å². The Morgan fingerprint density at radius 3 is 2.50 bits per heavy atom. The molecular formula is C28H33F3N2O3. The van der Waals surface area contributed by atoms with Crippen molar-refractivity contribution < 1.29 is 27.9 Å². The third kappa shape index (κ3) is 6.33. The summed E-state index contributed by atoms with van der Waals surface area (Å²) >= 11 is 0. The van der Waals surface area contributed by atoms with Crippen molar-refractivity contribution in [3.63, 3.8) is 0 Å². The number of halogens is 3. The number of hydrogen-bond acceptors (Lipinski definition) is 4. The summed E-state index contributed by atoms with van der Waals surface area (Å²) in [6, 6.07) is 8.23. The third-order valence-corrected chi connectivity index (χ3v) is 7.70. The van der Waals surface area contributed by atoms with Crippen LogP contribution in [0.3, 0.4) is 0 Å². The SMILES string of the molecule is Cc1ccc(C2(O)CCC(C[C@H]3CCN(C(=O)CCC(=O)c4cccc(C(F)(F)F)c4)C3)CC2)nc1. The Morgan fingerprint density at radius 2 is 1.83 bits per heavy atom. The molecule has 1 aromatic carbocycles. The van der Waals surface area contributed by atoms with E-state index in [1.807, 2.05) is 19.1 Å². The third-order valence-electron chi connectivity index (χ3n) is 7.70. The van der Waals surface area contributed by atoms with Gasteiger partial charge in [0.15, 0.2) is 5.78 Å². The molecular weight excluding hydrogens is 469 g/mol. The molecule has 0 spiro atoms. The molecule has 0 unspecified atom stereocenters. The Bertz CT molecular complexity index is 1080. The van der Waals surface area contributed by atoms with Crippen LogP contribution in [0.2, 0.25) is 0 Å². The number of ketones is 1. The summed E-state index contributed by atoms with van der Waals surface area (Å²) in [4.78, 5) is 31.2. The summed E-state index contributed by atoms with van der Waals surface area (Å²) < 4.78 is 38.7. The van der Waals surface area contributed by atoms with E-state index < -0.39 is 23.1 Å². The van der Waals surface area contributed by atoms with Crippen molar-refractivity contribution in [1.82, 2.24) is 9.88 Å². The maximum Gasteiger partial charge on any atom is 0.416 e. The van der Waals surface area contributed by atoms with Crippen molar-refractivity contribution in [2.75, 3.05) is 13.1 Å². The number of amides is 1. The summed E-state index contributed by atoms with van der Waals surface area (Å²) in [5.41, 5.74) is 0.0576. The summed E-state index contributed by atoms with van der Waals surface area (Å²) in [7, 11) is 0. The fourth-order valence-corrected chi connectivity index (χ4v) is 5.50. The zero-order valence-electron chi connectivity index (χ0n) is 20.6. The second-order valence-corrected chi connectivity index (χ2v) is 10.4. The molecule has 2 fully saturated rings. The summed E-state index contributed by atoms with van der Waals surface area (Å²) in [5.74, 6) is 0.310. The lowest BCUT2D eigenvalue weighted by molar-refractivity contribution is -0.137. The highest BCUT2D eigenvalue weighted by Crippen LogP contribution is 2.41. The van der Waals surface area contributed by atoms with Crippen LogP contribution in [0.4, 0.5) is 13.2 Å². The van der Waals surface area contributed by atoms with Gasteiger partial charge in [0.1, 0.15) is 5.60 Å². The molecule has 1 aromatic heterocycles. The van der Waals surface area contributed by atoms with E-state index in [4.69, 9.17) is 0 Å². The van der Waals surface area contributed by atoms with Gasteiger partial charge in [-0.05, 0) is 81.0 Å². The number of aryl methyl sites for hydroxylation is 1. The Balaban J connectivity index is 1.21. The van der Waals surface area contributed by atoms with E-state index in [9.17, 15) is 27.9 Å². The highest BCUT2D eigenvalue weighted by Gasteiger charge is 2.37. The molecule has 1 saturated carbocycles. The number of carbonyl (C=O) groups is 2. The second-order valence-electron chi connectivity index (χ2n) is 10.4. The molecule has 194 valence electrons. The van der Waals surface area contributed by atoms with Gasteiger partial charge in [0.25, 0.3) is 0 Å². The van der Waals surface area contributed by atoms with Gasteiger partial charge in [-0.3, -0.25) is 14.6 Å². The fourth-order valence-electron chi connectivity index (χ4n) is 5.50. The number of nitrogens with zero attached hydrogens (tertiary/aromatic N) is 2. The number of aliphatic hydroxyl groups is 1. The highest BCUT2D eigenvalue weighted by atomic mass is 19.4. The van der Waals surface area contributed by atoms with E-state index in [0.29, 0.717) is 37.8 Å². The minimum atomic E-state index is -4.51. The normalized spacial score (nSPS) is 24.6. The Kier molecular flexibility index (Phi) is 7.83. The van der Waals surface area contributed by atoms with Crippen LogP contribution >= 0.6 is 0 Å². The molecule has 2 aliphatic rings. The number of rotatable bonds is 7. The van der Waals surface area contributed by atoms with Crippen LogP contribution in [-0.2, 0) is 16.6 Å². The number of carbonyl (C=O) groups excluding carboxylic acids is 2. The molecule has 2 heterocycles. The second kappa shape index (κ2) is 10.7. The van der Waals surface area contributed by atoms with Crippen LogP contribution < -0.4 is 0 Å². The topological polar surface area (TPSA) is 70.5 Å². The summed E-state index contributed by atoms with van der Waals surface area (Å²) in [6.07, 6.45) is 2.29. The van der Waals surface area contributed by atoms with Crippen molar-refractivity contribution in [1.29, 1.82) is 0 Å². The predicted octanol–water partition coefficient (Wildman–Crippen LogP) is 5.69. The van der Waals surface area contributed by atoms with Crippen molar-refractivity contribution in [2.24, 2.45) is 11.8 Å². The number of Topliss-reactive ketones (excluding diaryl/α,β-unsaturated/α-hetero) is 1. The molecule has 1 amide bonds. The molecule has 4 rings (SSSR count). The van der Waals surface area contributed by atoms with Gasteiger partial charge < -0.3 is 10.0 Å². The van der Waals surface area contributed by atoms with E-state index >= 15 is 0 Å². The van der Waals surface area contributed by atoms with Crippen molar-refractivity contribution in [2.45, 2.75) is 70.1 Å². The number of aromatic nitrogens is 1. The molecule has 1 aliphatic carbocycles. The quantitative estimate of drug-likeness (QED) is 0.494. The van der Waals surface area contributed by atoms with Gasteiger partial charge in [0.2, 0.25) is 5.91 Å². The van der Waals surface area contributed by atoms with Crippen LogP contribution in [0.25, 0.3) is 0 Å². The van der Waals surface area contributed by atoms with E-state index in [1.54, 1.807) is 11.1 Å². The molecule has 0 radical (unpaired) electrons. The lowest BCUT2D eigenvalue weighted by atomic mass is 9.74. The monoisotopic (exact) mass is 502 g/mol. The number of pyridine rings is 1. The first-order chi connectivity index (χ1) is 17.0. The zero-order valence-corrected chi connectivity index (χ0v) is 20.6. The largest absolute Gasteiger partial charge is 0.416 e. The molecule has 8 heteroatoms. The van der Waals surface area contributed by atoms with E-state index in [0.717, 1.165) is 49.1 Å². The van der Waals surface area contributed by atoms with Gasteiger partial charge >= 0.3 is 6.18 Å². The predicted molar refractivity (Wildman–Crippen MR) is 129 cm³/mol. The molecule has 2 aromatic rings. The molecule has 5 nitrogen and oxygen atoms in total. The molecule has 0 bridgehead atoms. The zero-order chi connectivity index (χ0) is 25.9. The van der Waals surface area contributed by atoms with Gasteiger partial charge in [-0.1, -0.05) is 18.2 Å².